The van der Waals surface area contributed by atoms with Crippen molar-refractivity contribution < 1.29 is 53.1 Å². The number of hydrogen-bond acceptors (Lipinski definition) is 13. The lowest BCUT2D eigenvalue weighted by molar-refractivity contribution is -0.132. The van der Waals surface area contributed by atoms with E-state index in [0.29, 0.717) is 35.3 Å². The second-order valence-corrected chi connectivity index (χ2v) is 8.78. The summed E-state index contributed by atoms with van der Waals surface area (Å²) in [6, 6.07) is 3.78. The van der Waals surface area contributed by atoms with E-state index in [1.54, 1.807) is 27.7 Å². The molecule has 4 rings (SSSR count). The Morgan fingerprint density at radius 2 is 1.70 bits per heavy atom. The van der Waals surface area contributed by atoms with Crippen LogP contribution in [0.25, 0.3) is 11.2 Å². The number of fused-ring (bicyclic) bond motifs is 1. The molecule has 1 aliphatic rings. The van der Waals surface area contributed by atoms with E-state index in [-0.39, 0.29) is 0 Å². The zero-order valence-electron chi connectivity index (χ0n) is 20.0. The number of nitrogens with zero attached hydrogens (tertiary/aromatic N) is 3. The molecule has 0 radical (unpaired) electrons. The van der Waals surface area contributed by atoms with Crippen molar-refractivity contribution in [2.75, 3.05) is 33.3 Å². The van der Waals surface area contributed by atoms with Crippen LogP contribution < -0.4 is 19.5 Å². The molecule has 1 fully saturated rings. The predicted molar refractivity (Wildman–Crippen MR) is 126 cm³/mol. The van der Waals surface area contributed by atoms with Crippen molar-refractivity contribution in [1.29, 1.82) is 0 Å². The number of phosphoric acid groups is 1. The quantitative estimate of drug-likeness (QED) is 0.168. The van der Waals surface area contributed by atoms with Gasteiger partial charge in [0.15, 0.2) is 29.3 Å². The molecular weight excluding hydrogens is 517 g/mol. The van der Waals surface area contributed by atoms with Crippen molar-refractivity contribution in [2.45, 2.75) is 31.1 Å². The molecule has 1 aromatic carbocycles. The van der Waals surface area contributed by atoms with E-state index < -0.39 is 39.0 Å². The molecule has 17 heteroatoms. The monoisotopic (exact) mass is 545 g/mol. The number of anilines is 1. The van der Waals surface area contributed by atoms with Gasteiger partial charge in [-0.3, -0.25) is 4.52 Å². The van der Waals surface area contributed by atoms with Crippen molar-refractivity contribution in [3.8, 4) is 17.2 Å². The number of hydrogen-bond donors (Lipinski definition) is 7. The lowest BCUT2D eigenvalue weighted by atomic mass is 10.1. The Hall–Kier alpha value is -3.08. The van der Waals surface area contributed by atoms with Gasteiger partial charge in [0.05, 0.1) is 34.3 Å². The number of aromatic amines is 1. The standard InChI is InChI=1S/C15H17N5O3.C5H11O8P/c1-21-10-4-9(5-11(22-2)13(10)23-3)6-16-14-12-15(18-7-17-12)20-8-19-14;6-3-2(1-12-14(9,10)11)13-5(8)4(3)7/h4-5,7-8H,6H2,1-3H3,(H2,16,17,18,19,20);2-8H,1H2,(H2,9,10,11)/t;2-,3-,4-,5?/m.1/s1. The normalized spacial score (nSPS) is 21.3. The van der Waals surface area contributed by atoms with Crippen LogP contribution in [0.4, 0.5) is 5.82 Å². The van der Waals surface area contributed by atoms with Crippen LogP contribution in [0.3, 0.4) is 0 Å². The van der Waals surface area contributed by atoms with Crippen molar-refractivity contribution in [3.05, 3.63) is 30.4 Å². The Balaban J connectivity index is 0.000000233. The molecule has 0 saturated carbocycles. The molecule has 4 atom stereocenters. The summed E-state index contributed by atoms with van der Waals surface area (Å²) in [5.74, 6) is 2.47. The number of rotatable bonds is 9. The van der Waals surface area contributed by atoms with E-state index in [1.165, 1.54) is 6.33 Å². The van der Waals surface area contributed by atoms with E-state index in [2.05, 4.69) is 34.5 Å². The van der Waals surface area contributed by atoms with Gasteiger partial charge in [-0.15, -0.1) is 0 Å². The first-order valence-electron chi connectivity index (χ1n) is 10.6. The topological polar surface area (TPSA) is 231 Å². The van der Waals surface area contributed by atoms with Crippen LogP contribution in [0.15, 0.2) is 24.8 Å². The lowest BCUT2D eigenvalue weighted by Crippen LogP contribution is -2.34. The highest BCUT2D eigenvalue weighted by molar-refractivity contribution is 7.46. The Labute approximate surface area is 210 Å². The maximum Gasteiger partial charge on any atom is 0.469 e. The Morgan fingerprint density at radius 1 is 1.03 bits per heavy atom. The molecule has 7 N–H and O–H groups in total. The fourth-order valence-corrected chi connectivity index (χ4v) is 3.70. The van der Waals surface area contributed by atoms with Crippen LogP contribution >= 0.6 is 7.82 Å². The van der Waals surface area contributed by atoms with Crippen molar-refractivity contribution >= 4 is 24.8 Å². The van der Waals surface area contributed by atoms with Gasteiger partial charge in [-0.2, -0.15) is 0 Å². The van der Waals surface area contributed by atoms with Gasteiger partial charge in [0.1, 0.15) is 30.2 Å². The summed E-state index contributed by atoms with van der Waals surface area (Å²) in [6.07, 6.45) is -2.61. The minimum absolute atomic E-state index is 0.530. The molecule has 0 spiro atoms. The minimum atomic E-state index is -4.64. The second-order valence-electron chi connectivity index (χ2n) is 7.54. The molecule has 1 aliphatic heterocycles. The first-order chi connectivity index (χ1) is 17.6. The van der Waals surface area contributed by atoms with Gasteiger partial charge in [-0.05, 0) is 17.7 Å². The summed E-state index contributed by atoms with van der Waals surface area (Å²) in [6.45, 7) is -0.0819. The fourth-order valence-electron chi connectivity index (χ4n) is 3.36. The van der Waals surface area contributed by atoms with Crippen LogP contribution in [-0.4, -0.2) is 97.6 Å². The molecule has 3 aromatic rings. The van der Waals surface area contributed by atoms with Gasteiger partial charge < -0.3 is 54.4 Å². The third kappa shape index (κ3) is 7.24. The van der Waals surface area contributed by atoms with E-state index in [9.17, 15) is 4.57 Å². The number of phosphoric ester groups is 1. The summed E-state index contributed by atoms with van der Waals surface area (Å²) in [5, 5.41) is 30.3. The number of H-pyrrole nitrogens is 1. The van der Waals surface area contributed by atoms with Crippen molar-refractivity contribution in [1.82, 2.24) is 19.9 Å². The highest BCUT2D eigenvalue weighted by Crippen LogP contribution is 2.38. The summed E-state index contributed by atoms with van der Waals surface area (Å²) >= 11 is 0. The fraction of sp³-hybridized carbons (Fsp3) is 0.450. The number of aromatic nitrogens is 4. The Kier molecular flexibility index (Phi) is 9.58. The third-order valence-corrected chi connectivity index (χ3v) is 5.64. The van der Waals surface area contributed by atoms with Gasteiger partial charge in [0.2, 0.25) is 5.75 Å². The molecule has 1 saturated heterocycles. The van der Waals surface area contributed by atoms with Crippen LogP contribution in [-0.2, 0) is 20.4 Å². The van der Waals surface area contributed by atoms with E-state index in [0.717, 1.165) is 11.1 Å². The number of imidazole rings is 1. The average Bonchev–Trinajstić information content (AvgIpc) is 3.46. The van der Waals surface area contributed by atoms with Crippen molar-refractivity contribution in [3.63, 3.8) is 0 Å². The zero-order chi connectivity index (χ0) is 27.2. The van der Waals surface area contributed by atoms with Gasteiger partial charge in [-0.25, -0.2) is 19.5 Å². The smallest absolute Gasteiger partial charge is 0.469 e. The summed E-state index contributed by atoms with van der Waals surface area (Å²) in [4.78, 5) is 32.1. The highest BCUT2D eigenvalue weighted by Gasteiger charge is 2.42. The number of aliphatic hydroxyl groups excluding tert-OH is 3. The number of aliphatic hydroxyl groups is 3. The second kappa shape index (κ2) is 12.4. The summed E-state index contributed by atoms with van der Waals surface area (Å²) in [7, 11) is 0.120. The largest absolute Gasteiger partial charge is 0.493 e. The molecule has 0 aliphatic carbocycles. The first-order valence-corrected chi connectivity index (χ1v) is 12.2. The Bertz CT molecular complexity index is 1200. The van der Waals surface area contributed by atoms with Crippen LogP contribution in [0.2, 0.25) is 0 Å². The molecule has 0 bridgehead atoms. The van der Waals surface area contributed by atoms with Crippen LogP contribution in [0, 0.1) is 0 Å². The summed E-state index contributed by atoms with van der Waals surface area (Å²) < 4.78 is 34.9. The van der Waals surface area contributed by atoms with E-state index >= 15 is 0 Å². The Morgan fingerprint density at radius 3 is 2.24 bits per heavy atom. The molecule has 2 aromatic heterocycles. The average molecular weight is 545 g/mol. The van der Waals surface area contributed by atoms with Gasteiger partial charge in [-0.1, -0.05) is 0 Å². The summed E-state index contributed by atoms with van der Waals surface area (Å²) in [5.41, 5.74) is 2.35. The molecule has 0 amide bonds. The zero-order valence-corrected chi connectivity index (χ0v) is 20.9. The maximum absolute atomic E-state index is 10.3. The van der Waals surface area contributed by atoms with Crippen LogP contribution in [0.5, 0.6) is 17.2 Å². The molecule has 204 valence electrons. The van der Waals surface area contributed by atoms with Gasteiger partial charge in [0.25, 0.3) is 0 Å². The predicted octanol–water partition coefficient (Wildman–Crippen LogP) is -0.475. The SMILES string of the molecule is COc1cc(CNc2ncnc3nc[nH]c23)cc(OC)c1OC.O=P(O)(O)OC[C@H]1OC(O)[C@H](O)[C@@H]1O. The molecule has 37 heavy (non-hydrogen) atoms. The number of benzene rings is 1. The molecular formula is C20H28N5O11P. The lowest BCUT2D eigenvalue weighted by Gasteiger charge is -2.14. The maximum atomic E-state index is 10.3. The molecule has 16 nitrogen and oxygen atoms in total. The van der Waals surface area contributed by atoms with Gasteiger partial charge >= 0.3 is 7.82 Å². The molecule has 1 unspecified atom stereocenters. The number of nitrogens with one attached hydrogen (secondary N) is 2. The van der Waals surface area contributed by atoms with E-state index in [1.807, 2.05) is 12.1 Å². The van der Waals surface area contributed by atoms with Crippen LogP contribution in [0.1, 0.15) is 5.56 Å². The van der Waals surface area contributed by atoms with Crippen molar-refractivity contribution in [2.24, 2.45) is 0 Å². The first kappa shape index (κ1) is 28.5. The van der Waals surface area contributed by atoms with Gasteiger partial charge in [0, 0.05) is 6.54 Å². The highest BCUT2D eigenvalue weighted by atomic mass is 31.2. The minimum Gasteiger partial charge on any atom is -0.493 e. The number of methoxy groups -OCH3 is 3. The molecule has 3 heterocycles. The van der Waals surface area contributed by atoms with E-state index in [4.69, 9.17) is 39.3 Å². The number of ether oxygens (including phenoxy) is 4. The third-order valence-electron chi connectivity index (χ3n) is 5.15.